The van der Waals surface area contributed by atoms with Crippen molar-refractivity contribution in [3.8, 4) is 0 Å². The second-order valence-electron chi connectivity index (χ2n) is 4.98. The first-order chi connectivity index (χ1) is 9.19. The molecule has 7 nitrogen and oxygen atoms in total. The molecule has 0 bridgehead atoms. The number of carbonyl (C=O) groups excluding carboxylic acids is 1. The van der Waals surface area contributed by atoms with Gasteiger partial charge in [-0.3, -0.25) is 4.74 Å². The summed E-state index contributed by atoms with van der Waals surface area (Å²) in [5.74, 6) is -1.33. The van der Waals surface area contributed by atoms with E-state index in [2.05, 4.69) is 22.9 Å². The molecule has 0 aromatic rings. The van der Waals surface area contributed by atoms with E-state index in [0.717, 1.165) is 0 Å². The molecule has 0 radical (unpaired) electrons. The van der Waals surface area contributed by atoms with E-state index in [0.29, 0.717) is 0 Å². The monoisotopic (exact) mass is 288 g/mol. The first kappa shape index (κ1) is 16.6. The van der Waals surface area contributed by atoms with Gasteiger partial charge in [-0.25, -0.2) is 4.79 Å². The Morgan fingerprint density at radius 3 is 2.30 bits per heavy atom. The fraction of sp³-hybridized carbons (Fsp3) is 0.615. The van der Waals surface area contributed by atoms with Gasteiger partial charge in [-0.2, -0.15) is 9.78 Å². The first-order valence-electron chi connectivity index (χ1n) is 6.05. The molecule has 1 aliphatic heterocycles. The van der Waals surface area contributed by atoms with Crippen molar-refractivity contribution < 1.29 is 33.5 Å². The molecule has 20 heavy (non-hydrogen) atoms. The molecular formula is C13H20O7. The van der Waals surface area contributed by atoms with E-state index in [1.807, 2.05) is 0 Å². The molecule has 114 valence electrons. The highest BCUT2D eigenvalue weighted by Crippen LogP contribution is 2.33. The minimum atomic E-state index is -1.33. The number of rotatable bonds is 7. The largest absolute Gasteiger partial charge is 0.511 e. The van der Waals surface area contributed by atoms with E-state index in [-0.39, 0.29) is 0 Å². The van der Waals surface area contributed by atoms with Gasteiger partial charge < -0.3 is 14.2 Å². The Hall–Kier alpha value is -1.41. The summed E-state index contributed by atoms with van der Waals surface area (Å²) < 4.78 is 20.5. The highest BCUT2D eigenvalue weighted by atomic mass is 17.5. The number of hydrogen-bond acceptors (Lipinski definition) is 7. The highest BCUT2D eigenvalue weighted by molar-refractivity contribution is 5.60. The van der Waals surface area contributed by atoms with Gasteiger partial charge in [0.25, 0.3) is 0 Å². The Bertz CT molecular complexity index is 367. The molecule has 7 heteroatoms. The van der Waals surface area contributed by atoms with Gasteiger partial charge in [-0.1, -0.05) is 13.2 Å². The lowest BCUT2D eigenvalue weighted by Crippen LogP contribution is -2.31. The number of carbonyl (C=O) groups is 1. The lowest BCUT2D eigenvalue weighted by molar-refractivity contribution is -0.238. The molecule has 1 heterocycles. The van der Waals surface area contributed by atoms with Crippen LogP contribution in [0.25, 0.3) is 0 Å². The quantitative estimate of drug-likeness (QED) is 0.234. The summed E-state index contributed by atoms with van der Waals surface area (Å²) in [4.78, 5) is 20.6. The van der Waals surface area contributed by atoms with Crippen molar-refractivity contribution >= 4 is 6.16 Å². The second-order valence-corrected chi connectivity index (χ2v) is 4.98. The molecule has 2 unspecified atom stereocenters. The van der Waals surface area contributed by atoms with Gasteiger partial charge in [-0.05, 0) is 33.8 Å². The molecule has 2 atom stereocenters. The van der Waals surface area contributed by atoms with Crippen molar-refractivity contribution in [2.24, 2.45) is 0 Å². The molecule has 0 N–H and O–H groups in total. The van der Waals surface area contributed by atoms with Crippen molar-refractivity contribution in [3.63, 3.8) is 0 Å². The van der Waals surface area contributed by atoms with Crippen LogP contribution in [-0.4, -0.2) is 30.3 Å². The zero-order chi connectivity index (χ0) is 15.4. The molecule has 1 saturated heterocycles. The predicted molar refractivity (Wildman–Crippen MR) is 68.0 cm³/mol. The minimum absolute atomic E-state index is 0.645. The van der Waals surface area contributed by atoms with E-state index in [1.54, 1.807) is 20.8 Å². The molecule has 0 aromatic heterocycles. The average Bonchev–Trinajstić information content (AvgIpc) is 3.05. The summed E-state index contributed by atoms with van der Waals surface area (Å²) in [6.07, 6.45) is 0.00360. The standard InChI is InChI=1S/C13H20O7/c1-7-10(17-13(8-2)19-20-13)15-9(3)16-11(14)18-12(4,5)6/h7-10H,1-2H2,3-6H3. The van der Waals surface area contributed by atoms with Gasteiger partial charge in [0, 0.05) is 6.08 Å². The topological polar surface area (TPSA) is 79.1 Å². The summed E-state index contributed by atoms with van der Waals surface area (Å²) in [6, 6.07) is 0. The smallest absolute Gasteiger partial charge is 0.429 e. The second kappa shape index (κ2) is 6.36. The lowest BCUT2D eigenvalue weighted by Gasteiger charge is -2.23. The average molecular weight is 288 g/mol. The first-order valence-corrected chi connectivity index (χ1v) is 6.05. The summed E-state index contributed by atoms with van der Waals surface area (Å²) in [6.45, 7) is 13.7. The zero-order valence-corrected chi connectivity index (χ0v) is 12.1. The van der Waals surface area contributed by atoms with Crippen LogP contribution in [0.4, 0.5) is 4.79 Å². The van der Waals surface area contributed by atoms with Crippen molar-refractivity contribution in [2.75, 3.05) is 0 Å². The summed E-state index contributed by atoms with van der Waals surface area (Å²) in [7, 11) is 0. The van der Waals surface area contributed by atoms with Crippen LogP contribution in [0.2, 0.25) is 0 Å². The summed E-state index contributed by atoms with van der Waals surface area (Å²) >= 11 is 0. The Kier molecular flexibility index (Phi) is 5.29. The SMILES string of the molecule is C=CC(OC(C)OC(=O)OC(C)(C)C)OC1(C=C)OO1. The van der Waals surface area contributed by atoms with Gasteiger partial charge >= 0.3 is 12.1 Å². The maximum Gasteiger partial charge on any atom is 0.511 e. The third kappa shape index (κ3) is 5.70. The van der Waals surface area contributed by atoms with Crippen LogP contribution in [0.1, 0.15) is 27.7 Å². The maximum atomic E-state index is 11.4. The van der Waals surface area contributed by atoms with E-state index >= 15 is 0 Å². The molecule has 0 amide bonds. The van der Waals surface area contributed by atoms with Gasteiger partial charge in [0.05, 0.1) is 0 Å². The molecule has 0 spiro atoms. The minimum Gasteiger partial charge on any atom is -0.429 e. The molecule has 0 aromatic carbocycles. The van der Waals surface area contributed by atoms with E-state index < -0.39 is 30.3 Å². The van der Waals surface area contributed by atoms with E-state index in [1.165, 1.54) is 19.1 Å². The number of hydrogen-bond donors (Lipinski definition) is 0. The fourth-order valence-corrected chi connectivity index (χ4v) is 1.12. The predicted octanol–water partition coefficient (Wildman–Crippen LogP) is 2.63. The molecule has 1 fully saturated rings. The Morgan fingerprint density at radius 1 is 1.30 bits per heavy atom. The normalized spacial score (nSPS) is 19.6. The highest BCUT2D eigenvalue weighted by Gasteiger charge is 2.50. The summed E-state index contributed by atoms with van der Waals surface area (Å²) in [5, 5.41) is 0. The van der Waals surface area contributed by atoms with E-state index in [9.17, 15) is 4.79 Å². The Morgan fingerprint density at radius 2 is 1.90 bits per heavy atom. The molecule has 1 aliphatic rings. The Labute approximate surface area is 118 Å². The molecular weight excluding hydrogens is 268 g/mol. The molecule has 0 aliphatic carbocycles. The third-order valence-corrected chi connectivity index (χ3v) is 1.95. The van der Waals surface area contributed by atoms with Crippen LogP contribution in [0, 0.1) is 0 Å². The summed E-state index contributed by atoms with van der Waals surface area (Å²) in [5.41, 5.74) is -0.645. The van der Waals surface area contributed by atoms with Crippen LogP contribution < -0.4 is 0 Å². The van der Waals surface area contributed by atoms with Crippen LogP contribution in [0.3, 0.4) is 0 Å². The van der Waals surface area contributed by atoms with Gasteiger partial charge in [0.1, 0.15) is 5.60 Å². The van der Waals surface area contributed by atoms with Crippen LogP contribution in [0.5, 0.6) is 0 Å². The van der Waals surface area contributed by atoms with Crippen LogP contribution in [-0.2, 0) is 28.7 Å². The molecule has 1 rings (SSSR count). The fourth-order valence-electron chi connectivity index (χ4n) is 1.12. The van der Waals surface area contributed by atoms with Gasteiger partial charge in [0.15, 0.2) is 6.29 Å². The van der Waals surface area contributed by atoms with Gasteiger partial charge in [0.2, 0.25) is 6.29 Å². The van der Waals surface area contributed by atoms with Crippen molar-refractivity contribution in [1.82, 2.24) is 0 Å². The van der Waals surface area contributed by atoms with Gasteiger partial charge in [-0.15, -0.1) is 0 Å². The van der Waals surface area contributed by atoms with Crippen molar-refractivity contribution in [3.05, 3.63) is 25.3 Å². The van der Waals surface area contributed by atoms with Crippen molar-refractivity contribution in [1.29, 1.82) is 0 Å². The van der Waals surface area contributed by atoms with Crippen molar-refractivity contribution in [2.45, 2.75) is 51.8 Å². The lowest BCUT2D eigenvalue weighted by atomic mass is 10.2. The maximum absolute atomic E-state index is 11.4. The third-order valence-electron chi connectivity index (χ3n) is 1.95. The van der Waals surface area contributed by atoms with E-state index in [4.69, 9.17) is 18.9 Å². The molecule has 0 saturated carbocycles. The van der Waals surface area contributed by atoms with Crippen LogP contribution >= 0.6 is 0 Å². The Balaban J connectivity index is 2.39. The number of ether oxygens (including phenoxy) is 4. The van der Waals surface area contributed by atoms with Crippen LogP contribution in [0.15, 0.2) is 25.3 Å². The zero-order valence-electron chi connectivity index (χ0n) is 12.1.